The zero-order valence-electron chi connectivity index (χ0n) is 16.8. The molecule has 2 amide bonds. The standard InChI is InChI=1S/C20H18BrN5O6/c1-12-15(3-2-4-16(12)26(29)30)18-24-20(32-25-18)19(28)23-10-9-22-17(27)11-31-14-7-5-13(21)6-8-14/h2-8H,9-11H2,1H3,(H,22,27)(H,23,28). The minimum atomic E-state index is -0.632. The Labute approximate surface area is 190 Å². The summed E-state index contributed by atoms with van der Waals surface area (Å²) in [7, 11) is 0. The second kappa shape index (κ2) is 10.5. The molecule has 3 rings (SSSR count). The van der Waals surface area contributed by atoms with Crippen molar-refractivity contribution in [2.24, 2.45) is 0 Å². The Morgan fingerprint density at radius 2 is 1.88 bits per heavy atom. The fourth-order valence-corrected chi connectivity index (χ4v) is 2.94. The number of halogens is 1. The van der Waals surface area contributed by atoms with Gasteiger partial charge < -0.3 is 19.9 Å². The van der Waals surface area contributed by atoms with Crippen LogP contribution in [0.15, 0.2) is 51.5 Å². The zero-order chi connectivity index (χ0) is 23.1. The Morgan fingerprint density at radius 3 is 2.59 bits per heavy atom. The van der Waals surface area contributed by atoms with E-state index in [4.69, 9.17) is 9.26 Å². The minimum Gasteiger partial charge on any atom is -0.484 e. The van der Waals surface area contributed by atoms with Crippen molar-refractivity contribution >= 4 is 33.4 Å². The summed E-state index contributed by atoms with van der Waals surface area (Å²) in [6, 6.07) is 11.5. The van der Waals surface area contributed by atoms with Crippen LogP contribution in [-0.2, 0) is 4.79 Å². The van der Waals surface area contributed by atoms with Crippen molar-refractivity contribution in [1.82, 2.24) is 20.8 Å². The largest absolute Gasteiger partial charge is 0.484 e. The van der Waals surface area contributed by atoms with Gasteiger partial charge >= 0.3 is 11.8 Å². The SMILES string of the molecule is Cc1c(-c2noc(C(=O)NCCNC(=O)COc3ccc(Br)cc3)n2)cccc1[N+](=O)[O-]. The average Bonchev–Trinajstić information content (AvgIpc) is 3.26. The van der Waals surface area contributed by atoms with E-state index in [-0.39, 0.29) is 43.0 Å². The van der Waals surface area contributed by atoms with Crippen LogP contribution in [0.5, 0.6) is 5.75 Å². The Morgan fingerprint density at radius 1 is 1.16 bits per heavy atom. The first-order valence-electron chi connectivity index (χ1n) is 9.36. The number of ether oxygens (including phenoxy) is 1. The summed E-state index contributed by atoms with van der Waals surface area (Å²) in [5, 5.41) is 19.9. The number of aromatic nitrogens is 2. The van der Waals surface area contributed by atoms with Gasteiger partial charge in [-0.2, -0.15) is 4.98 Å². The van der Waals surface area contributed by atoms with Gasteiger partial charge in [-0.25, -0.2) is 0 Å². The van der Waals surface area contributed by atoms with Crippen molar-refractivity contribution in [2.45, 2.75) is 6.92 Å². The summed E-state index contributed by atoms with van der Waals surface area (Å²) in [6.45, 7) is 1.69. The summed E-state index contributed by atoms with van der Waals surface area (Å²) in [5.74, 6) is -0.649. The van der Waals surface area contributed by atoms with E-state index in [2.05, 4.69) is 36.7 Å². The number of carbonyl (C=O) groups excluding carboxylic acids is 2. The topological polar surface area (TPSA) is 149 Å². The lowest BCUT2D eigenvalue weighted by Crippen LogP contribution is -2.36. The van der Waals surface area contributed by atoms with E-state index in [0.29, 0.717) is 16.9 Å². The van der Waals surface area contributed by atoms with Gasteiger partial charge in [-0.05, 0) is 31.2 Å². The maximum atomic E-state index is 12.2. The Hall–Kier alpha value is -3.80. The molecule has 1 heterocycles. The first kappa shape index (κ1) is 22.9. The minimum absolute atomic E-state index is 0.0646. The molecule has 2 aromatic carbocycles. The van der Waals surface area contributed by atoms with Gasteiger partial charge in [0.05, 0.1) is 4.92 Å². The highest BCUT2D eigenvalue weighted by molar-refractivity contribution is 9.10. The molecule has 0 aliphatic carbocycles. The van der Waals surface area contributed by atoms with Crippen LogP contribution < -0.4 is 15.4 Å². The van der Waals surface area contributed by atoms with Gasteiger partial charge in [-0.15, -0.1) is 0 Å². The van der Waals surface area contributed by atoms with Crippen LogP contribution in [0.25, 0.3) is 11.4 Å². The molecule has 32 heavy (non-hydrogen) atoms. The van der Waals surface area contributed by atoms with Crippen molar-refractivity contribution in [1.29, 1.82) is 0 Å². The third-order valence-electron chi connectivity index (χ3n) is 4.28. The van der Waals surface area contributed by atoms with Gasteiger partial charge in [-0.3, -0.25) is 19.7 Å². The van der Waals surface area contributed by atoms with Crippen LogP contribution in [0.1, 0.15) is 16.2 Å². The molecule has 0 saturated heterocycles. The van der Waals surface area contributed by atoms with Gasteiger partial charge in [-0.1, -0.05) is 33.2 Å². The monoisotopic (exact) mass is 503 g/mol. The van der Waals surface area contributed by atoms with Crippen LogP contribution in [-0.4, -0.2) is 46.6 Å². The molecule has 0 fully saturated rings. The fraction of sp³-hybridized carbons (Fsp3) is 0.200. The third-order valence-corrected chi connectivity index (χ3v) is 4.81. The highest BCUT2D eigenvalue weighted by atomic mass is 79.9. The van der Waals surface area contributed by atoms with E-state index in [1.54, 1.807) is 37.3 Å². The molecule has 0 saturated carbocycles. The van der Waals surface area contributed by atoms with Gasteiger partial charge in [0.1, 0.15) is 5.75 Å². The predicted molar refractivity (Wildman–Crippen MR) is 116 cm³/mol. The smallest absolute Gasteiger partial charge is 0.316 e. The van der Waals surface area contributed by atoms with Crippen LogP contribution in [0, 0.1) is 17.0 Å². The lowest BCUT2D eigenvalue weighted by Gasteiger charge is -2.07. The molecule has 166 valence electrons. The van der Waals surface area contributed by atoms with Crippen LogP contribution in [0.2, 0.25) is 0 Å². The molecule has 3 aromatic rings. The van der Waals surface area contributed by atoms with Crippen LogP contribution in [0.3, 0.4) is 0 Å². The summed E-state index contributed by atoms with van der Waals surface area (Å²) in [6.07, 6.45) is 0. The normalized spacial score (nSPS) is 10.4. The van der Waals surface area contributed by atoms with Crippen molar-refractivity contribution in [3.05, 3.63) is 68.5 Å². The number of hydrogen-bond donors (Lipinski definition) is 2. The van der Waals surface area contributed by atoms with Crippen LogP contribution >= 0.6 is 15.9 Å². The molecule has 0 radical (unpaired) electrons. The predicted octanol–water partition coefficient (Wildman–Crippen LogP) is 2.64. The molecule has 0 unspecified atom stereocenters. The summed E-state index contributed by atoms with van der Waals surface area (Å²) < 4.78 is 11.2. The molecule has 2 N–H and O–H groups in total. The van der Waals surface area contributed by atoms with E-state index in [9.17, 15) is 19.7 Å². The number of nitro benzene ring substituents is 1. The summed E-state index contributed by atoms with van der Waals surface area (Å²) >= 11 is 3.31. The molecule has 0 atom stereocenters. The molecule has 1 aromatic heterocycles. The first-order chi connectivity index (χ1) is 15.3. The number of nitrogens with zero attached hydrogens (tertiary/aromatic N) is 3. The van der Waals surface area contributed by atoms with E-state index in [1.807, 2.05) is 0 Å². The number of amides is 2. The quantitative estimate of drug-likeness (QED) is 0.257. The first-order valence-corrected chi connectivity index (χ1v) is 10.2. The number of nitrogens with one attached hydrogen (secondary N) is 2. The maximum Gasteiger partial charge on any atom is 0.316 e. The van der Waals surface area contributed by atoms with Gasteiger partial charge in [0.2, 0.25) is 5.82 Å². The second-order valence-corrected chi connectivity index (χ2v) is 7.39. The molecule has 0 aliphatic rings. The Kier molecular flexibility index (Phi) is 7.49. The van der Waals surface area contributed by atoms with E-state index in [1.165, 1.54) is 12.1 Å². The van der Waals surface area contributed by atoms with E-state index >= 15 is 0 Å². The molecular formula is C20H18BrN5O6. The van der Waals surface area contributed by atoms with E-state index < -0.39 is 10.8 Å². The lowest BCUT2D eigenvalue weighted by molar-refractivity contribution is -0.385. The van der Waals surface area contributed by atoms with Crippen molar-refractivity contribution in [3.63, 3.8) is 0 Å². The third kappa shape index (κ3) is 5.88. The molecule has 12 heteroatoms. The average molecular weight is 504 g/mol. The van der Waals surface area contributed by atoms with Crippen molar-refractivity contribution < 1.29 is 23.8 Å². The highest BCUT2D eigenvalue weighted by Gasteiger charge is 2.20. The summed E-state index contributed by atoms with van der Waals surface area (Å²) in [5.41, 5.74) is 0.663. The molecular weight excluding hydrogens is 486 g/mol. The Bertz CT molecular complexity index is 1130. The fourth-order valence-electron chi connectivity index (χ4n) is 2.67. The second-order valence-electron chi connectivity index (χ2n) is 6.48. The molecule has 0 aliphatic heterocycles. The zero-order valence-corrected chi connectivity index (χ0v) is 18.4. The van der Waals surface area contributed by atoms with Gasteiger partial charge in [0, 0.05) is 34.8 Å². The summed E-state index contributed by atoms with van der Waals surface area (Å²) in [4.78, 5) is 38.6. The number of nitro groups is 1. The highest BCUT2D eigenvalue weighted by Crippen LogP contribution is 2.27. The molecule has 0 spiro atoms. The lowest BCUT2D eigenvalue weighted by atomic mass is 10.1. The van der Waals surface area contributed by atoms with Crippen molar-refractivity contribution in [2.75, 3.05) is 19.7 Å². The molecule has 11 nitrogen and oxygen atoms in total. The van der Waals surface area contributed by atoms with Gasteiger partial charge in [0.15, 0.2) is 6.61 Å². The molecule has 0 bridgehead atoms. The van der Waals surface area contributed by atoms with E-state index in [0.717, 1.165) is 4.47 Å². The Balaban J connectivity index is 1.45. The number of rotatable bonds is 9. The number of hydrogen-bond acceptors (Lipinski definition) is 8. The maximum absolute atomic E-state index is 12.2. The van der Waals surface area contributed by atoms with Crippen molar-refractivity contribution in [3.8, 4) is 17.1 Å². The van der Waals surface area contributed by atoms with Crippen LogP contribution in [0.4, 0.5) is 5.69 Å². The van der Waals surface area contributed by atoms with Gasteiger partial charge in [0.25, 0.3) is 11.6 Å². The number of carbonyl (C=O) groups is 2. The number of benzene rings is 2.